The molecule has 2 heterocycles. The largest absolute Gasteiger partial charge is 0.393 e. The predicted octanol–water partition coefficient (Wildman–Crippen LogP) is 2.96. The van der Waals surface area contributed by atoms with Crippen molar-refractivity contribution < 1.29 is 0 Å². The van der Waals surface area contributed by atoms with Crippen LogP contribution in [0.15, 0.2) is 40.4 Å². The topological polar surface area (TPSA) is 109 Å². The van der Waals surface area contributed by atoms with Gasteiger partial charge in [-0.25, -0.2) is 0 Å². The number of thioether (sulfide) groups is 2. The van der Waals surface area contributed by atoms with Gasteiger partial charge in [0.05, 0.1) is 27.3 Å². The molecule has 122 valence electrons. The smallest absolute Gasteiger partial charge is 0.135 e. The first-order valence-electron chi connectivity index (χ1n) is 7.22. The second kappa shape index (κ2) is 7.21. The zero-order valence-corrected chi connectivity index (χ0v) is 15.2. The van der Waals surface area contributed by atoms with Gasteiger partial charge >= 0.3 is 0 Å². The van der Waals surface area contributed by atoms with Crippen LogP contribution in [0.5, 0.6) is 0 Å². The fraction of sp³-hybridized carbons (Fsp3) is 0.176. The lowest BCUT2D eigenvalue weighted by Gasteiger charge is -2.32. The standard InChI is InChI=1S/C17H11N5S3/c18-6-10(7-19)5-9-1-3-11(4-2-9)13-12(8-20)15(21)25-16-14(13)24-17(23)22-16/h1-5,13-14,16H,21H2,(H,22,23). The Kier molecular flexibility index (Phi) is 5.01. The molecule has 1 aromatic rings. The van der Waals surface area contributed by atoms with Gasteiger partial charge in [0.1, 0.15) is 22.0 Å². The molecular formula is C17H11N5S3. The summed E-state index contributed by atoms with van der Waals surface area (Å²) in [5.41, 5.74) is 8.42. The number of thiocarbonyl (C=S) groups is 1. The Morgan fingerprint density at radius 2 is 1.84 bits per heavy atom. The third-order valence-corrected chi connectivity index (χ3v) is 6.79. The third kappa shape index (κ3) is 3.36. The lowest BCUT2D eigenvalue weighted by molar-refractivity contribution is 0.684. The number of nitrogens with one attached hydrogen (secondary N) is 1. The van der Waals surface area contributed by atoms with Crippen LogP contribution in [0.3, 0.4) is 0 Å². The Bertz CT molecular complexity index is 896. The molecular weight excluding hydrogens is 370 g/mol. The van der Waals surface area contributed by atoms with Crippen LogP contribution in [-0.4, -0.2) is 14.9 Å². The monoisotopic (exact) mass is 381 g/mol. The summed E-state index contributed by atoms with van der Waals surface area (Å²) >= 11 is 8.27. The van der Waals surface area contributed by atoms with Crippen LogP contribution in [0.2, 0.25) is 0 Å². The van der Waals surface area contributed by atoms with Crippen molar-refractivity contribution in [2.75, 3.05) is 0 Å². The minimum atomic E-state index is -0.154. The van der Waals surface area contributed by atoms with E-state index in [0.29, 0.717) is 14.9 Å². The van der Waals surface area contributed by atoms with Crippen LogP contribution in [0.4, 0.5) is 0 Å². The maximum atomic E-state index is 9.57. The number of rotatable bonds is 2. The van der Waals surface area contributed by atoms with Gasteiger partial charge in [-0.15, -0.1) is 0 Å². The zero-order valence-electron chi connectivity index (χ0n) is 12.8. The second-order valence-corrected chi connectivity index (χ2v) is 8.41. The number of nitriles is 3. The Balaban J connectivity index is 1.99. The fourth-order valence-corrected chi connectivity index (χ4v) is 5.86. The molecule has 0 radical (unpaired) electrons. The highest BCUT2D eigenvalue weighted by molar-refractivity contribution is 8.24. The van der Waals surface area contributed by atoms with Crippen molar-refractivity contribution >= 4 is 46.1 Å². The number of benzene rings is 1. The molecule has 2 aliphatic rings. The number of allylic oxidation sites excluding steroid dienone is 2. The van der Waals surface area contributed by atoms with Gasteiger partial charge in [-0.05, 0) is 17.2 Å². The molecule has 1 saturated heterocycles. The quantitative estimate of drug-likeness (QED) is 0.594. The molecule has 0 spiro atoms. The van der Waals surface area contributed by atoms with E-state index in [9.17, 15) is 5.26 Å². The van der Waals surface area contributed by atoms with E-state index in [4.69, 9.17) is 28.5 Å². The average molecular weight is 382 g/mol. The Hall–Kier alpha value is -2.44. The van der Waals surface area contributed by atoms with Gasteiger partial charge in [-0.3, -0.25) is 0 Å². The van der Waals surface area contributed by atoms with E-state index in [2.05, 4.69) is 11.4 Å². The number of nitrogens with zero attached hydrogens (tertiary/aromatic N) is 3. The molecule has 0 amide bonds. The van der Waals surface area contributed by atoms with Crippen molar-refractivity contribution in [2.45, 2.75) is 16.5 Å². The molecule has 25 heavy (non-hydrogen) atoms. The normalized spacial score (nSPS) is 24.4. The van der Waals surface area contributed by atoms with Crippen LogP contribution in [0.1, 0.15) is 17.0 Å². The predicted molar refractivity (Wildman–Crippen MR) is 104 cm³/mol. The van der Waals surface area contributed by atoms with E-state index in [1.807, 2.05) is 36.4 Å². The van der Waals surface area contributed by atoms with E-state index >= 15 is 0 Å². The summed E-state index contributed by atoms with van der Waals surface area (Å²) < 4.78 is 0.715. The number of hydrogen-bond acceptors (Lipinski definition) is 7. The first-order chi connectivity index (χ1) is 12.1. The zero-order chi connectivity index (χ0) is 18.0. The van der Waals surface area contributed by atoms with E-state index in [1.54, 1.807) is 11.8 Å². The van der Waals surface area contributed by atoms with Crippen LogP contribution in [0, 0.1) is 34.0 Å². The highest BCUT2D eigenvalue weighted by Gasteiger charge is 2.44. The molecule has 3 rings (SSSR count). The molecule has 2 aliphatic heterocycles. The van der Waals surface area contributed by atoms with Crippen LogP contribution < -0.4 is 11.1 Å². The molecule has 3 unspecified atom stereocenters. The number of hydrogen-bond donors (Lipinski definition) is 2. The maximum absolute atomic E-state index is 9.57. The summed E-state index contributed by atoms with van der Waals surface area (Å²) in [7, 11) is 0. The highest BCUT2D eigenvalue weighted by atomic mass is 32.2. The molecule has 0 saturated carbocycles. The minimum Gasteiger partial charge on any atom is -0.393 e. The molecule has 0 aliphatic carbocycles. The van der Waals surface area contributed by atoms with Crippen LogP contribution in [-0.2, 0) is 0 Å². The maximum Gasteiger partial charge on any atom is 0.135 e. The summed E-state index contributed by atoms with van der Waals surface area (Å²) in [5.74, 6) is -0.154. The van der Waals surface area contributed by atoms with Crippen molar-refractivity contribution in [1.29, 1.82) is 15.8 Å². The van der Waals surface area contributed by atoms with Gasteiger partial charge in [0.2, 0.25) is 0 Å². The van der Waals surface area contributed by atoms with Crippen LogP contribution >= 0.6 is 35.7 Å². The summed E-state index contributed by atoms with van der Waals surface area (Å²) in [6.45, 7) is 0. The number of nitrogens with two attached hydrogens (primary N) is 1. The molecule has 8 heteroatoms. The summed E-state index contributed by atoms with van der Waals surface area (Å²) in [6, 6.07) is 13.4. The van der Waals surface area contributed by atoms with E-state index in [0.717, 1.165) is 11.1 Å². The van der Waals surface area contributed by atoms with E-state index in [1.165, 1.54) is 17.8 Å². The van der Waals surface area contributed by atoms with Gasteiger partial charge in [0.25, 0.3) is 0 Å². The molecule has 1 fully saturated rings. The highest BCUT2D eigenvalue weighted by Crippen LogP contribution is 2.49. The molecule has 3 atom stereocenters. The first-order valence-corrected chi connectivity index (χ1v) is 9.39. The Labute approximate surface area is 159 Å². The van der Waals surface area contributed by atoms with Crippen molar-refractivity contribution in [2.24, 2.45) is 5.73 Å². The summed E-state index contributed by atoms with van der Waals surface area (Å²) in [6.07, 6.45) is 1.53. The Morgan fingerprint density at radius 3 is 2.44 bits per heavy atom. The van der Waals surface area contributed by atoms with E-state index < -0.39 is 0 Å². The molecule has 5 nitrogen and oxygen atoms in total. The summed E-state index contributed by atoms with van der Waals surface area (Å²) in [5, 5.41) is 31.2. The fourth-order valence-electron chi connectivity index (χ4n) is 2.81. The third-order valence-electron chi connectivity index (χ3n) is 3.93. The van der Waals surface area contributed by atoms with Crippen LogP contribution in [0.25, 0.3) is 6.08 Å². The molecule has 0 aromatic heterocycles. The van der Waals surface area contributed by atoms with Crippen molar-refractivity contribution in [3.05, 3.63) is 51.6 Å². The first kappa shape index (κ1) is 17.4. The summed E-state index contributed by atoms with van der Waals surface area (Å²) in [4.78, 5) is 0. The average Bonchev–Trinajstić information content (AvgIpc) is 2.98. The molecule has 0 bridgehead atoms. The van der Waals surface area contributed by atoms with Crippen molar-refractivity contribution in [3.8, 4) is 18.2 Å². The van der Waals surface area contributed by atoms with Gasteiger partial charge in [0.15, 0.2) is 0 Å². The lowest BCUT2D eigenvalue weighted by Crippen LogP contribution is -2.36. The van der Waals surface area contributed by atoms with Crippen molar-refractivity contribution in [3.63, 3.8) is 0 Å². The lowest BCUT2D eigenvalue weighted by atomic mass is 9.87. The van der Waals surface area contributed by atoms with Gasteiger partial charge in [-0.1, -0.05) is 60.0 Å². The van der Waals surface area contributed by atoms with Crippen molar-refractivity contribution in [1.82, 2.24) is 5.32 Å². The molecule has 1 aromatic carbocycles. The Morgan fingerprint density at radius 1 is 1.16 bits per heavy atom. The van der Waals surface area contributed by atoms with Gasteiger partial charge < -0.3 is 11.1 Å². The minimum absolute atomic E-state index is 0.0444. The molecule has 3 N–H and O–H groups in total. The van der Waals surface area contributed by atoms with E-state index in [-0.39, 0.29) is 22.1 Å². The SMILES string of the molecule is N#CC(C#N)=Cc1ccc(C2C(C#N)=C(N)SC3NC(=S)SC32)cc1. The van der Waals surface area contributed by atoms with Gasteiger partial charge in [-0.2, -0.15) is 15.8 Å². The number of fused-ring (bicyclic) bond motifs is 1. The van der Waals surface area contributed by atoms with Gasteiger partial charge in [0, 0.05) is 5.92 Å². The second-order valence-electron chi connectivity index (χ2n) is 5.37.